The summed E-state index contributed by atoms with van der Waals surface area (Å²) in [6, 6.07) is 66.8. The summed E-state index contributed by atoms with van der Waals surface area (Å²) in [5, 5.41) is 10.1. The maximum absolute atomic E-state index is 6.41. The van der Waals surface area contributed by atoms with Gasteiger partial charge in [0, 0.05) is 10.9 Å². The maximum Gasteiger partial charge on any atom is 0.135 e. The molecule has 0 spiro atoms. The van der Waals surface area contributed by atoms with Gasteiger partial charge in [-0.15, -0.1) is 0 Å². The predicted molar refractivity (Wildman–Crippen MR) is 223 cm³/mol. The first-order valence-corrected chi connectivity index (χ1v) is 18.3. The number of ether oxygens (including phenoxy) is 1. The second-order valence-electron chi connectivity index (χ2n) is 14.4. The van der Waals surface area contributed by atoms with Crippen LogP contribution in [0.5, 0.6) is 11.5 Å². The van der Waals surface area contributed by atoms with Crippen molar-refractivity contribution in [1.82, 2.24) is 0 Å². The lowest BCUT2D eigenvalue weighted by Crippen LogP contribution is -1.97. The highest BCUT2D eigenvalue weighted by atomic mass is 16.5. The predicted octanol–water partition coefficient (Wildman–Crippen LogP) is 14.7. The third-order valence-electron chi connectivity index (χ3n) is 11.6. The Morgan fingerprint density at radius 1 is 0.264 bits per heavy atom. The zero-order valence-electron chi connectivity index (χ0n) is 28.7. The number of hydrogen-bond acceptors (Lipinski definition) is 1. The number of rotatable bonds is 3. The van der Waals surface area contributed by atoms with Gasteiger partial charge < -0.3 is 4.74 Å². The van der Waals surface area contributed by atoms with E-state index in [1.807, 2.05) is 0 Å². The molecule has 1 nitrogen and oxygen atoms in total. The first-order valence-electron chi connectivity index (χ1n) is 18.3. The fraction of sp³-hybridized carbons (Fsp3) is 0. The molecular formula is C52H30O. The van der Waals surface area contributed by atoms with Gasteiger partial charge in [0.2, 0.25) is 0 Å². The van der Waals surface area contributed by atoms with Crippen molar-refractivity contribution in [2.75, 3.05) is 0 Å². The molecule has 2 aliphatic rings. The summed E-state index contributed by atoms with van der Waals surface area (Å²) < 4.78 is 6.41. The summed E-state index contributed by atoms with van der Waals surface area (Å²) in [7, 11) is 0. The van der Waals surface area contributed by atoms with Crippen LogP contribution in [0.2, 0.25) is 0 Å². The van der Waals surface area contributed by atoms with Crippen LogP contribution in [0.15, 0.2) is 182 Å². The Morgan fingerprint density at radius 2 is 0.774 bits per heavy atom. The molecule has 0 fully saturated rings. The number of hydrogen-bond donors (Lipinski definition) is 0. The van der Waals surface area contributed by atoms with Gasteiger partial charge in [-0.05, 0) is 129 Å². The van der Waals surface area contributed by atoms with E-state index in [1.165, 1.54) is 104 Å². The minimum Gasteiger partial charge on any atom is -0.456 e. The van der Waals surface area contributed by atoms with E-state index < -0.39 is 0 Å². The summed E-state index contributed by atoms with van der Waals surface area (Å²) in [5.74, 6) is 1.82. The molecule has 1 heterocycles. The van der Waals surface area contributed by atoms with Crippen molar-refractivity contribution in [3.8, 4) is 78.3 Å². The Balaban J connectivity index is 1.08. The van der Waals surface area contributed by atoms with Gasteiger partial charge in [-0.3, -0.25) is 0 Å². The Labute approximate surface area is 307 Å². The largest absolute Gasteiger partial charge is 0.456 e. The van der Waals surface area contributed by atoms with Crippen LogP contribution in [0.25, 0.3) is 110 Å². The van der Waals surface area contributed by atoms with Crippen molar-refractivity contribution in [2.45, 2.75) is 0 Å². The van der Waals surface area contributed by atoms with E-state index in [1.54, 1.807) is 0 Å². The fourth-order valence-corrected chi connectivity index (χ4v) is 9.26. The molecular weight excluding hydrogens is 641 g/mol. The molecule has 12 rings (SSSR count). The van der Waals surface area contributed by atoms with Crippen molar-refractivity contribution in [3.63, 3.8) is 0 Å². The molecule has 10 aromatic carbocycles. The highest BCUT2D eigenvalue weighted by Gasteiger charge is 2.25. The van der Waals surface area contributed by atoms with E-state index >= 15 is 0 Å². The van der Waals surface area contributed by atoms with Crippen LogP contribution in [-0.2, 0) is 0 Å². The second-order valence-corrected chi connectivity index (χ2v) is 14.4. The average Bonchev–Trinajstić information content (AvgIpc) is 3.53. The SMILES string of the molecule is c1ccc(-c2c3ccccc3c(-c3ccc(-c4ccc5c(c4)-c4cccc6cccc(c46)O5)cc3)c3cc4c(cc23)-c2cccc3cccc-4c23)cc1. The zero-order chi connectivity index (χ0) is 34.6. The van der Waals surface area contributed by atoms with E-state index in [9.17, 15) is 0 Å². The molecule has 0 bridgehead atoms. The van der Waals surface area contributed by atoms with Crippen LogP contribution in [0.1, 0.15) is 0 Å². The van der Waals surface area contributed by atoms with Crippen LogP contribution in [0.4, 0.5) is 0 Å². The molecule has 1 aliphatic carbocycles. The third kappa shape index (κ3) is 4.08. The Kier molecular flexibility index (Phi) is 5.84. The molecule has 244 valence electrons. The first-order chi connectivity index (χ1) is 26.3. The average molecular weight is 671 g/mol. The molecule has 0 saturated carbocycles. The molecule has 0 unspecified atom stereocenters. The van der Waals surface area contributed by atoms with Gasteiger partial charge in [0.25, 0.3) is 0 Å². The summed E-state index contributed by atoms with van der Waals surface area (Å²) in [6.45, 7) is 0. The maximum atomic E-state index is 6.41. The van der Waals surface area contributed by atoms with Crippen LogP contribution < -0.4 is 4.74 Å². The van der Waals surface area contributed by atoms with Gasteiger partial charge in [-0.1, -0.05) is 152 Å². The molecule has 10 aromatic rings. The third-order valence-corrected chi connectivity index (χ3v) is 11.6. The molecule has 0 saturated heterocycles. The van der Waals surface area contributed by atoms with Gasteiger partial charge in [-0.25, -0.2) is 0 Å². The highest BCUT2D eigenvalue weighted by molar-refractivity contribution is 6.25. The summed E-state index contributed by atoms with van der Waals surface area (Å²) in [5.41, 5.74) is 15.0. The van der Waals surface area contributed by atoms with Crippen molar-refractivity contribution in [2.24, 2.45) is 0 Å². The Hall–Kier alpha value is -6.96. The smallest absolute Gasteiger partial charge is 0.135 e. The molecule has 0 aromatic heterocycles. The van der Waals surface area contributed by atoms with Crippen molar-refractivity contribution < 1.29 is 4.74 Å². The zero-order valence-corrected chi connectivity index (χ0v) is 28.7. The van der Waals surface area contributed by atoms with E-state index in [-0.39, 0.29) is 0 Å². The molecule has 53 heavy (non-hydrogen) atoms. The first kappa shape index (κ1) is 28.7. The lowest BCUT2D eigenvalue weighted by atomic mass is 9.83. The molecule has 1 heteroatoms. The van der Waals surface area contributed by atoms with E-state index in [0.717, 1.165) is 17.1 Å². The minimum absolute atomic E-state index is 0.901. The van der Waals surface area contributed by atoms with Gasteiger partial charge in [0.1, 0.15) is 11.5 Å². The van der Waals surface area contributed by atoms with Gasteiger partial charge >= 0.3 is 0 Å². The van der Waals surface area contributed by atoms with Crippen molar-refractivity contribution in [3.05, 3.63) is 182 Å². The van der Waals surface area contributed by atoms with Crippen LogP contribution >= 0.6 is 0 Å². The van der Waals surface area contributed by atoms with Crippen molar-refractivity contribution >= 4 is 43.1 Å². The van der Waals surface area contributed by atoms with Crippen LogP contribution in [0, 0.1) is 0 Å². The van der Waals surface area contributed by atoms with Gasteiger partial charge in [-0.2, -0.15) is 0 Å². The Bertz CT molecular complexity index is 3160. The van der Waals surface area contributed by atoms with Crippen LogP contribution in [-0.4, -0.2) is 0 Å². The normalized spacial score (nSPS) is 12.3. The summed E-state index contributed by atoms with van der Waals surface area (Å²) in [4.78, 5) is 0. The number of fused-ring (bicyclic) bond motifs is 7. The minimum atomic E-state index is 0.901. The highest BCUT2D eigenvalue weighted by Crippen LogP contribution is 2.53. The molecule has 0 N–H and O–H groups in total. The lowest BCUT2D eigenvalue weighted by Gasteiger charge is -2.22. The molecule has 0 radical (unpaired) electrons. The fourth-order valence-electron chi connectivity index (χ4n) is 9.26. The molecule has 0 atom stereocenters. The second kappa shape index (κ2) is 10.8. The monoisotopic (exact) mass is 670 g/mol. The van der Waals surface area contributed by atoms with Crippen LogP contribution in [0.3, 0.4) is 0 Å². The van der Waals surface area contributed by atoms with Crippen molar-refractivity contribution in [1.29, 1.82) is 0 Å². The Morgan fingerprint density at radius 3 is 1.42 bits per heavy atom. The topological polar surface area (TPSA) is 9.23 Å². The summed E-state index contributed by atoms with van der Waals surface area (Å²) in [6.07, 6.45) is 0. The molecule has 1 aliphatic heterocycles. The van der Waals surface area contributed by atoms with E-state index in [4.69, 9.17) is 4.74 Å². The van der Waals surface area contributed by atoms with E-state index in [0.29, 0.717) is 0 Å². The quantitative estimate of drug-likeness (QED) is 0.170. The lowest BCUT2D eigenvalue weighted by molar-refractivity contribution is 0.487. The standard InChI is InChI=1S/C52H30O/c1-2-10-32(11-3-1)50-37-16-4-5-17-38(37)51(46-30-43-40-19-7-13-33-12-6-18-39(49(33)40)42(43)29-45(46)50)35-24-22-31(23-25-35)36-26-27-47-44(28-36)41-20-8-14-34-15-9-21-48(53-47)52(34)41/h1-30H. The number of benzene rings is 10. The van der Waals surface area contributed by atoms with Gasteiger partial charge in [0.05, 0.1) is 0 Å². The van der Waals surface area contributed by atoms with E-state index in [2.05, 4.69) is 182 Å². The molecule has 0 amide bonds. The van der Waals surface area contributed by atoms with Gasteiger partial charge in [0.15, 0.2) is 0 Å². The summed E-state index contributed by atoms with van der Waals surface area (Å²) >= 11 is 0.